The Labute approximate surface area is 110 Å². The van der Waals surface area contributed by atoms with Crippen LogP contribution in [0.15, 0.2) is 24.2 Å². The van der Waals surface area contributed by atoms with Gasteiger partial charge in [-0.3, -0.25) is 0 Å². The van der Waals surface area contributed by atoms with Crippen LogP contribution in [0.4, 0.5) is 0 Å². The summed E-state index contributed by atoms with van der Waals surface area (Å²) in [5, 5.41) is 0. The zero-order valence-electron chi connectivity index (χ0n) is 13.6. The van der Waals surface area contributed by atoms with Crippen LogP contribution >= 0.6 is 0 Å². The molecule has 0 saturated carbocycles. The molecule has 0 bridgehead atoms. The maximum absolute atomic E-state index is 5.30. The van der Waals surface area contributed by atoms with E-state index in [4.69, 9.17) is 10.5 Å². The predicted molar refractivity (Wildman–Crippen MR) is 81.9 cm³/mol. The molecular weight excluding hydrogens is 210 g/mol. The van der Waals surface area contributed by atoms with Crippen molar-refractivity contribution in [2.24, 2.45) is 11.7 Å². The fraction of sp³-hybridized carbons (Fsp3) is 0.733. The molecule has 0 radical (unpaired) electrons. The highest BCUT2D eigenvalue weighted by atomic mass is 16.5. The zero-order chi connectivity index (χ0) is 14.9. The molecule has 0 heterocycles. The summed E-state index contributed by atoms with van der Waals surface area (Å²) in [4.78, 5) is 0. The molecule has 2 heteroatoms. The van der Waals surface area contributed by atoms with Gasteiger partial charge in [0.2, 0.25) is 0 Å². The van der Waals surface area contributed by atoms with E-state index in [1.54, 1.807) is 6.92 Å². The van der Waals surface area contributed by atoms with Crippen molar-refractivity contribution in [2.45, 2.75) is 62.3 Å². The summed E-state index contributed by atoms with van der Waals surface area (Å²) in [6.07, 6.45) is 1.83. The molecule has 0 atom stereocenters. The highest BCUT2D eigenvalue weighted by Gasteiger charge is 1.90. The number of ether oxygens (including phenoxy) is 1. The summed E-state index contributed by atoms with van der Waals surface area (Å²) < 4.78 is 5.09. The molecule has 0 saturated heterocycles. The SMILES string of the molecule is C=C(C)O/C(=C\C)CN.CC.CC.CC(C)C. The van der Waals surface area contributed by atoms with Crippen molar-refractivity contribution in [3.63, 3.8) is 0 Å². The van der Waals surface area contributed by atoms with Gasteiger partial charge in [-0.15, -0.1) is 0 Å². The molecule has 0 aromatic carbocycles. The smallest absolute Gasteiger partial charge is 0.113 e. The van der Waals surface area contributed by atoms with E-state index in [1.807, 2.05) is 40.7 Å². The standard InChI is InChI=1S/C7H13NO.C4H10.2C2H6/c1-4-7(5-8)9-6(2)3;1-4(2)3;2*1-2/h4H,2,5,8H2,1,3H3;4H,1-3H3;2*1-2H3/b7-4-;;;. The summed E-state index contributed by atoms with van der Waals surface area (Å²) >= 11 is 0. The maximum Gasteiger partial charge on any atom is 0.113 e. The van der Waals surface area contributed by atoms with E-state index >= 15 is 0 Å². The predicted octanol–water partition coefficient (Wildman–Crippen LogP) is 5.11. The fourth-order valence-electron chi connectivity index (χ4n) is 0.442. The molecule has 0 spiro atoms. The van der Waals surface area contributed by atoms with Gasteiger partial charge in [-0.25, -0.2) is 0 Å². The average Bonchev–Trinajstić information content (AvgIpc) is 2.30. The molecule has 0 aliphatic carbocycles. The second kappa shape index (κ2) is 24.5. The van der Waals surface area contributed by atoms with Gasteiger partial charge in [0.1, 0.15) is 5.76 Å². The maximum atomic E-state index is 5.30. The Kier molecular flexibility index (Phi) is 36.2. The van der Waals surface area contributed by atoms with Crippen LogP contribution < -0.4 is 5.73 Å². The normalized spacial score (nSPS) is 8.76. The average molecular weight is 245 g/mol. The molecule has 0 aromatic heterocycles. The molecule has 0 aliphatic heterocycles. The second-order valence-corrected chi connectivity index (χ2v) is 3.50. The zero-order valence-corrected chi connectivity index (χ0v) is 13.6. The molecule has 2 N–H and O–H groups in total. The lowest BCUT2D eigenvalue weighted by atomic mass is 10.3. The first-order chi connectivity index (χ1) is 7.93. The first-order valence-electron chi connectivity index (χ1n) is 6.62. The first kappa shape index (κ1) is 25.2. The molecule has 106 valence electrons. The van der Waals surface area contributed by atoms with E-state index in [1.165, 1.54) is 0 Å². The molecule has 17 heavy (non-hydrogen) atoms. The van der Waals surface area contributed by atoms with Gasteiger partial charge in [0.15, 0.2) is 0 Å². The first-order valence-corrected chi connectivity index (χ1v) is 6.62. The quantitative estimate of drug-likeness (QED) is 0.701. The van der Waals surface area contributed by atoms with E-state index in [2.05, 4.69) is 27.4 Å². The van der Waals surface area contributed by atoms with Crippen LogP contribution in [0.1, 0.15) is 62.3 Å². The van der Waals surface area contributed by atoms with E-state index in [9.17, 15) is 0 Å². The minimum absolute atomic E-state index is 0.434. The van der Waals surface area contributed by atoms with Crippen LogP contribution in [-0.2, 0) is 4.74 Å². The summed E-state index contributed by atoms with van der Waals surface area (Å²) in [5.74, 6) is 2.27. The van der Waals surface area contributed by atoms with Gasteiger partial charge in [-0.2, -0.15) is 0 Å². The molecular formula is C15H35NO. The van der Waals surface area contributed by atoms with Crippen molar-refractivity contribution in [2.75, 3.05) is 6.54 Å². The van der Waals surface area contributed by atoms with Crippen LogP contribution in [-0.4, -0.2) is 6.54 Å². The van der Waals surface area contributed by atoms with Gasteiger partial charge < -0.3 is 10.5 Å². The van der Waals surface area contributed by atoms with E-state index in [-0.39, 0.29) is 0 Å². The molecule has 2 nitrogen and oxygen atoms in total. The van der Waals surface area contributed by atoms with Crippen molar-refractivity contribution in [3.8, 4) is 0 Å². The van der Waals surface area contributed by atoms with Crippen LogP contribution in [0, 0.1) is 5.92 Å². The van der Waals surface area contributed by atoms with Crippen LogP contribution in [0.5, 0.6) is 0 Å². The van der Waals surface area contributed by atoms with Crippen molar-refractivity contribution < 1.29 is 4.74 Å². The lowest BCUT2D eigenvalue weighted by Crippen LogP contribution is -2.04. The largest absolute Gasteiger partial charge is 0.466 e. The summed E-state index contributed by atoms with van der Waals surface area (Å²) in [5.41, 5.74) is 5.30. The number of hydrogen-bond acceptors (Lipinski definition) is 2. The Morgan fingerprint density at radius 3 is 1.53 bits per heavy atom. The number of allylic oxidation sites excluding steroid dienone is 2. The summed E-state index contributed by atoms with van der Waals surface area (Å²) in [6, 6.07) is 0. The van der Waals surface area contributed by atoms with Crippen molar-refractivity contribution in [1.82, 2.24) is 0 Å². The van der Waals surface area contributed by atoms with Gasteiger partial charge in [0.25, 0.3) is 0 Å². The number of hydrogen-bond donors (Lipinski definition) is 1. The van der Waals surface area contributed by atoms with Crippen LogP contribution in [0.25, 0.3) is 0 Å². The van der Waals surface area contributed by atoms with E-state index < -0.39 is 0 Å². The topological polar surface area (TPSA) is 35.2 Å². The van der Waals surface area contributed by atoms with Gasteiger partial charge >= 0.3 is 0 Å². The Morgan fingerprint density at radius 2 is 1.47 bits per heavy atom. The van der Waals surface area contributed by atoms with Crippen molar-refractivity contribution >= 4 is 0 Å². The molecule has 0 unspecified atom stereocenters. The Bertz CT molecular complexity index is 158. The summed E-state index contributed by atoms with van der Waals surface area (Å²) in [7, 11) is 0. The molecule has 0 amide bonds. The van der Waals surface area contributed by atoms with Gasteiger partial charge in [0, 0.05) is 0 Å². The molecule has 0 aromatic rings. The highest BCUT2D eigenvalue weighted by Crippen LogP contribution is 2.00. The summed E-state index contributed by atoms with van der Waals surface area (Å²) in [6.45, 7) is 22.2. The third-order valence-corrected chi connectivity index (χ3v) is 0.828. The Hall–Kier alpha value is -0.760. The van der Waals surface area contributed by atoms with Crippen molar-refractivity contribution in [1.29, 1.82) is 0 Å². The van der Waals surface area contributed by atoms with Gasteiger partial charge in [-0.1, -0.05) is 55.0 Å². The van der Waals surface area contributed by atoms with Gasteiger partial charge in [-0.05, 0) is 25.8 Å². The van der Waals surface area contributed by atoms with Crippen LogP contribution in [0.3, 0.4) is 0 Å². The van der Waals surface area contributed by atoms with E-state index in [0.717, 1.165) is 11.7 Å². The monoisotopic (exact) mass is 245 g/mol. The number of rotatable bonds is 3. The third-order valence-electron chi connectivity index (χ3n) is 0.828. The minimum atomic E-state index is 0.434. The Morgan fingerprint density at radius 1 is 1.18 bits per heavy atom. The third kappa shape index (κ3) is 51.0. The minimum Gasteiger partial charge on any atom is -0.466 e. The molecule has 0 rings (SSSR count). The van der Waals surface area contributed by atoms with E-state index in [0.29, 0.717) is 12.3 Å². The number of nitrogens with two attached hydrogens (primary N) is 1. The lowest BCUT2D eigenvalue weighted by Gasteiger charge is -2.04. The molecule has 0 aliphatic rings. The van der Waals surface area contributed by atoms with Gasteiger partial charge in [0.05, 0.1) is 12.3 Å². The van der Waals surface area contributed by atoms with Crippen LogP contribution in [0.2, 0.25) is 0 Å². The molecule has 0 fully saturated rings. The second-order valence-electron chi connectivity index (χ2n) is 3.50. The Balaban J connectivity index is -0.0000000887. The highest BCUT2D eigenvalue weighted by molar-refractivity contribution is 4.96. The lowest BCUT2D eigenvalue weighted by molar-refractivity contribution is 0.303. The fourth-order valence-corrected chi connectivity index (χ4v) is 0.442. The van der Waals surface area contributed by atoms with Crippen molar-refractivity contribution in [3.05, 3.63) is 24.2 Å².